The molecular weight excluding hydrogens is 511 g/mol. The van der Waals surface area contributed by atoms with E-state index < -0.39 is 17.9 Å². The molecule has 0 radical (unpaired) electrons. The van der Waals surface area contributed by atoms with Gasteiger partial charge in [0.15, 0.2) is 0 Å². The van der Waals surface area contributed by atoms with Crippen molar-refractivity contribution in [2.45, 2.75) is 24.9 Å². The van der Waals surface area contributed by atoms with Gasteiger partial charge in [0.2, 0.25) is 5.78 Å². The molecule has 180 valence electrons. The third kappa shape index (κ3) is 5.94. The Morgan fingerprint density at radius 2 is 1.86 bits per heavy atom. The predicted molar refractivity (Wildman–Crippen MR) is 134 cm³/mol. The van der Waals surface area contributed by atoms with Crippen LogP contribution in [0.1, 0.15) is 38.4 Å². The molecule has 2 heterocycles. The van der Waals surface area contributed by atoms with Crippen molar-refractivity contribution in [3.8, 4) is 0 Å². The molecule has 0 spiro atoms. The van der Waals surface area contributed by atoms with E-state index in [9.17, 15) is 19.5 Å². The summed E-state index contributed by atoms with van der Waals surface area (Å²) in [4.78, 5) is 37.1. The number of aliphatic carboxylic acids is 1. The van der Waals surface area contributed by atoms with Gasteiger partial charge >= 0.3 is 5.97 Å². The second-order valence-corrected chi connectivity index (χ2v) is 9.28. The van der Waals surface area contributed by atoms with Crippen molar-refractivity contribution in [1.29, 1.82) is 0 Å². The second kappa shape index (κ2) is 11.1. The average Bonchev–Trinajstić information content (AvgIpc) is 3.38. The Morgan fingerprint density at radius 1 is 1.14 bits per heavy atom. The molecule has 35 heavy (non-hydrogen) atoms. The fraction of sp³-hybridized carbons (Fsp3) is 0.208. The third-order valence-electron chi connectivity index (χ3n) is 5.62. The molecule has 2 aromatic carbocycles. The van der Waals surface area contributed by atoms with Gasteiger partial charge in [0.1, 0.15) is 11.7 Å². The summed E-state index contributed by atoms with van der Waals surface area (Å²) in [5.41, 5.74) is 3.05. The van der Waals surface area contributed by atoms with Crippen molar-refractivity contribution in [3.05, 3.63) is 87.2 Å². The van der Waals surface area contributed by atoms with Crippen LogP contribution < -0.4 is 10.6 Å². The van der Waals surface area contributed by atoms with Crippen LogP contribution in [0.4, 0.5) is 0 Å². The SMILES string of the molecule is O=C(N[C@@H](Cc1ccc(C2=CCNC(C(=O)c3cnsn3)C2)cc1)C(=O)O)c1c(Cl)cccc1Cl. The lowest BCUT2D eigenvalue weighted by Crippen LogP contribution is -2.42. The summed E-state index contributed by atoms with van der Waals surface area (Å²) in [6.45, 7) is 0.544. The minimum absolute atomic E-state index is 0.0350. The fourth-order valence-corrected chi connectivity index (χ4v) is 4.80. The number of amides is 1. The van der Waals surface area contributed by atoms with Crippen LogP contribution in [0, 0.1) is 0 Å². The molecule has 0 bridgehead atoms. The van der Waals surface area contributed by atoms with E-state index in [1.54, 1.807) is 6.07 Å². The molecule has 1 aromatic heterocycles. The van der Waals surface area contributed by atoms with Crippen LogP contribution in [0.15, 0.2) is 54.7 Å². The zero-order valence-corrected chi connectivity index (χ0v) is 20.5. The largest absolute Gasteiger partial charge is 0.480 e. The Labute approximate surface area is 215 Å². The van der Waals surface area contributed by atoms with Crippen LogP contribution in [-0.2, 0) is 11.2 Å². The van der Waals surface area contributed by atoms with Gasteiger partial charge in [0.05, 0.1) is 39.6 Å². The number of nitrogens with zero attached hydrogens (tertiary/aromatic N) is 2. The minimum Gasteiger partial charge on any atom is -0.480 e. The highest BCUT2D eigenvalue weighted by Crippen LogP contribution is 2.26. The highest BCUT2D eigenvalue weighted by Gasteiger charge is 2.26. The number of hydrogen-bond acceptors (Lipinski definition) is 7. The summed E-state index contributed by atoms with van der Waals surface area (Å²) in [5.74, 6) is -1.93. The van der Waals surface area contributed by atoms with Gasteiger partial charge in [-0.1, -0.05) is 59.6 Å². The molecule has 3 aromatic rings. The van der Waals surface area contributed by atoms with Crippen molar-refractivity contribution in [1.82, 2.24) is 19.4 Å². The monoisotopic (exact) mass is 530 g/mol. The maximum absolute atomic E-state index is 12.6. The molecule has 1 amide bonds. The first-order valence-electron chi connectivity index (χ1n) is 10.6. The van der Waals surface area contributed by atoms with E-state index in [2.05, 4.69) is 19.4 Å². The van der Waals surface area contributed by atoms with Crippen LogP contribution in [0.3, 0.4) is 0 Å². The van der Waals surface area contributed by atoms with Gasteiger partial charge in [-0.2, -0.15) is 8.75 Å². The summed E-state index contributed by atoms with van der Waals surface area (Å²) in [5, 5.41) is 15.6. The number of carboxylic acid groups (broad SMARTS) is 1. The van der Waals surface area contributed by atoms with Gasteiger partial charge in [-0.25, -0.2) is 4.79 Å². The number of aromatic nitrogens is 2. The van der Waals surface area contributed by atoms with Crippen LogP contribution in [0.5, 0.6) is 0 Å². The molecule has 1 aliphatic heterocycles. The molecule has 0 saturated carbocycles. The lowest BCUT2D eigenvalue weighted by atomic mass is 9.91. The van der Waals surface area contributed by atoms with Crippen LogP contribution >= 0.6 is 34.9 Å². The molecule has 2 atom stereocenters. The number of Topliss-reactive ketones (excluding diaryl/α,β-unsaturated/α-hetero) is 1. The molecule has 1 aliphatic rings. The molecule has 8 nitrogen and oxygen atoms in total. The number of benzene rings is 2. The number of carbonyl (C=O) groups excluding carboxylic acids is 2. The van der Waals surface area contributed by atoms with Gasteiger partial charge in [0, 0.05) is 13.0 Å². The fourth-order valence-electron chi connectivity index (χ4n) is 3.81. The number of halogens is 2. The van der Waals surface area contributed by atoms with Crippen LogP contribution in [0.2, 0.25) is 10.0 Å². The summed E-state index contributed by atoms with van der Waals surface area (Å²) in [7, 11) is 0. The topological polar surface area (TPSA) is 121 Å². The van der Waals surface area contributed by atoms with E-state index in [4.69, 9.17) is 23.2 Å². The van der Waals surface area contributed by atoms with Gasteiger partial charge in [-0.3, -0.25) is 9.59 Å². The molecule has 4 rings (SSSR count). The highest BCUT2D eigenvalue weighted by molar-refractivity contribution is 6.99. The van der Waals surface area contributed by atoms with Crippen molar-refractivity contribution in [3.63, 3.8) is 0 Å². The zero-order chi connectivity index (χ0) is 24.9. The Bertz CT molecular complexity index is 1260. The van der Waals surface area contributed by atoms with E-state index in [-0.39, 0.29) is 33.9 Å². The molecular formula is C24H20Cl2N4O4S. The summed E-state index contributed by atoms with van der Waals surface area (Å²) >= 11 is 13.1. The second-order valence-electron chi connectivity index (χ2n) is 7.91. The smallest absolute Gasteiger partial charge is 0.326 e. The van der Waals surface area contributed by atoms with E-state index in [1.807, 2.05) is 30.3 Å². The van der Waals surface area contributed by atoms with E-state index in [0.29, 0.717) is 18.7 Å². The molecule has 0 aliphatic carbocycles. The van der Waals surface area contributed by atoms with E-state index >= 15 is 0 Å². The number of carbonyl (C=O) groups is 3. The van der Waals surface area contributed by atoms with Gasteiger partial charge in [-0.05, 0) is 35.3 Å². The number of carboxylic acids is 1. The molecule has 0 saturated heterocycles. The third-order valence-corrected chi connectivity index (χ3v) is 6.73. The van der Waals surface area contributed by atoms with Crippen LogP contribution in [-0.4, -0.2) is 50.1 Å². The first-order chi connectivity index (χ1) is 16.8. The zero-order valence-electron chi connectivity index (χ0n) is 18.2. The number of nitrogens with one attached hydrogen (secondary N) is 2. The normalized spacial score (nSPS) is 16.3. The van der Waals surface area contributed by atoms with Crippen LogP contribution in [0.25, 0.3) is 5.57 Å². The Morgan fingerprint density at radius 3 is 2.49 bits per heavy atom. The quantitative estimate of drug-likeness (QED) is 0.377. The maximum Gasteiger partial charge on any atom is 0.326 e. The summed E-state index contributed by atoms with van der Waals surface area (Å²) in [6.07, 6.45) is 4.06. The lowest BCUT2D eigenvalue weighted by molar-refractivity contribution is -0.139. The first kappa shape index (κ1) is 25.0. The highest BCUT2D eigenvalue weighted by atomic mass is 35.5. The number of ketones is 1. The number of hydrogen-bond donors (Lipinski definition) is 3. The lowest BCUT2D eigenvalue weighted by Gasteiger charge is -2.23. The first-order valence-corrected chi connectivity index (χ1v) is 12.1. The molecule has 11 heteroatoms. The van der Waals surface area contributed by atoms with E-state index in [0.717, 1.165) is 28.4 Å². The Balaban J connectivity index is 1.43. The summed E-state index contributed by atoms with van der Waals surface area (Å²) < 4.78 is 7.91. The van der Waals surface area contributed by atoms with Gasteiger partial charge < -0.3 is 15.7 Å². The Kier molecular flexibility index (Phi) is 7.92. The van der Waals surface area contributed by atoms with Gasteiger partial charge in [0.25, 0.3) is 5.91 Å². The average molecular weight is 531 g/mol. The van der Waals surface area contributed by atoms with Crippen molar-refractivity contribution >= 4 is 58.2 Å². The van der Waals surface area contributed by atoms with Crippen molar-refractivity contribution in [2.75, 3.05) is 6.54 Å². The predicted octanol–water partition coefficient (Wildman–Crippen LogP) is 3.90. The maximum atomic E-state index is 12.6. The standard InChI is InChI=1S/C24H20Cl2N4O4S/c25-16-2-1-3-17(26)21(16)23(32)29-19(24(33)34)10-13-4-6-14(7-5-13)15-8-9-27-18(11-15)22(31)20-12-28-35-30-20/h1-8,12,18-19,27H,9-11H2,(H,29,32)(H,33,34)/t18?,19-/m0/s1. The van der Waals surface area contributed by atoms with Crippen molar-refractivity contribution < 1.29 is 19.5 Å². The number of rotatable bonds is 8. The molecule has 0 fully saturated rings. The van der Waals surface area contributed by atoms with Crippen molar-refractivity contribution in [2.24, 2.45) is 0 Å². The van der Waals surface area contributed by atoms with E-state index in [1.165, 1.54) is 18.3 Å². The molecule has 3 N–H and O–H groups in total. The van der Waals surface area contributed by atoms with Gasteiger partial charge in [-0.15, -0.1) is 0 Å². The Hall–Kier alpha value is -3.11. The minimum atomic E-state index is -1.18. The molecule has 1 unspecified atom stereocenters. The summed E-state index contributed by atoms with van der Waals surface area (Å²) in [6, 6.07) is 10.4.